The molecule has 23 heavy (non-hydrogen) atoms. The van der Waals surface area contributed by atoms with Crippen LogP contribution in [0, 0.1) is 5.92 Å². The van der Waals surface area contributed by atoms with Gasteiger partial charge in [-0.2, -0.15) is 0 Å². The molecule has 0 aromatic carbocycles. The molecule has 3 nitrogen and oxygen atoms in total. The molecule has 0 bridgehead atoms. The lowest BCUT2D eigenvalue weighted by molar-refractivity contribution is -0.146. The molecule has 0 aromatic heterocycles. The summed E-state index contributed by atoms with van der Waals surface area (Å²) in [5.41, 5.74) is 0. The largest absolute Gasteiger partial charge is 0.481 e. The molecule has 1 N–H and O–H groups in total. The van der Waals surface area contributed by atoms with Gasteiger partial charge in [0.05, 0.1) is 0 Å². The van der Waals surface area contributed by atoms with Crippen LogP contribution in [0.4, 0.5) is 0 Å². The third-order valence-corrected chi connectivity index (χ3v) is 4.64. The van der Waals surface area contributed by atoms with Crippen LogP contribution in [0.25, 0.3) is 0 Å². The van der Waals surface area contributed by atoms with E-state index < -0.39 is 11.9 Å². The quantitative estimate of drug-likeness (QED) is 0.258. The second kappa shape index (κ2) is 16.0. The van der Waals surface area contributed by atoms with Gasteiger partial charge in [0.1, 0.15) is 11.7 Å². The number of carboxylic acids is 1. The second-order valence-corrected chi connectivity index (χ2v) is 6.89. The number of hydrogen-bond donors (Lipinski definition) is 1. The van der Waals surface area contributed by atoms with Crippen molar-refractivity contribution in [1.82, 2.24) is 0 Å². The van der Waals surface area contributed by atoms with Gasteiger partial charge in [0.25, 0.3) is 0 Å². The number of aliphatic carboxylic acids is 1. The summed E-state index contributed by atoms with van der Waals surface area (Å²) in [7, 11) is 0. The highest BCUT2D eigenvalue weighted by Crippen LogP contribution is 2.15. The van der Waals surface area contributed by atoms with E-state index in [2.05, 4.69) is 6.92 Å². The van der Waals surface area contributed by atoms with Crippen LogP contribution in [0.1, 0.15) is 110 Å². The number of rotatable bonds is 17. The molecule has 0 aliphatic heterocycles. The van der Waals surface area contributed by atoms with Crippen LogP contribution < -0.4 is 0 Å². The molecule has 0 aliphatic rings. The van der Waals surface area contributed by atoms with Crippen molar-refractivity contribution in [2.75, 3.05) is 0 Å². The van der Waals surface area contributed by atoms with E-state index in [4.69, 9.17) is 5.11 Å². The van der Waals surface area contributed by atoms with E-state index in [1.165, 1.54) is 84.0 Å². The van der Waals surface area contributed by atoms with Crippen molar-refractivity contribution in [2.45, 2.75) is 110 Å². The van der Waals surface area contributed by atoms with Crippen molar-refractivity contribution in [3.8, 4) is 0 Å². The van der Waals surface area contributed by atoms with Crippen molar-refractivity contribution >= 4 is 11.8 Å². The first-order chi connectivity index (χ1) is 11.1. The zero-order chi connectivity index (χ0) is 17.3. The summed E-state index contributed by atoms with van der Waals surface area (Å²) in [5, 5.41) is 8.93. The number of unbranched alkanes of at least 4 members (excludes halogenated alkanes) is 13. The van der Waals surface area contributed by atoms with Crippen LogP contribution in [0.2, 0.25) is 0 Å². The minimum Gasteiger partial charge on any atom is -0.481 e. The van der Waals surface area contributed by atoms with Crippen molar-refractivity contribution < 1.29 is 14.7 Å². The lowest BCUT2D eigenvalue weighted by Crippen LogP contribution is -2.21. The van der Waals surface area contributed by atoms with Gasteiger partial charge >= 0.3 is 5.97 Å². The number of carboxylic acid groups (broad SMARTS) is 1. The fourth-order valence-electron chi connectivity index (χ4n) is 3.04. The normalized spacial score (nSPS) is 12.3. The Kier molecular flexibility index (Phi) is 15.4. The molecule has 0 radical (unpaired) electrons. The SMILES string of the molecule is CCCCCCCCCCCCCCCCC(C(C)=O)C(=O)O. The summed E-state index contributed by atoms with van der Waals surface area (Å²) in [6, 6.07) is 0. The Morgan fingerprint density at radius 3 is 1.35 bits per heavy atom. The van der Waals surface area contributed by atoms with Gasteiger partial charge in [0.2, 0.25) is 0 Å². The molecule has 0 amide bonds. The van der Waals surface area contributed by atoms with E-state index in [0.717, 1.165) is 12.8 Å². The highest BCUT2D eigenvalue weighted by atomic mass is 16.4. The lowest BCUT2D eigenvalue weighted by Gasteiger charge is -2.08. The van der Waals surface area contributed by atoms with E-state index in [9.17, 15) is 9.59 Å². The van der Waals surface area contributed by atoms with Crippen LogP contribution in [0.15, 0.2) is 0 Å². The van der Waals surface area contributed by atoms with Gasteiger partial charge in [-0.1, -0.05) is 96.8 Å². The van der Waals surface area contributed by atoms with Gasteiger partial charge in [0.15, 0.2) is 0 Å². The molecule has 0 aliphatic carbocycles. The Bertz CT molecular complexity index is 285. The van der Waals surface area contributed by atoms with Crippen molar-refractivity contribution in [2.24, 2.45) is 5.92 Å². The molecule has 0 aromatic rings. The van der Waals surface area contributed by atoms with Gasteiger partial charge in [-0.05, 0) is 13.3 Å². The topological polar surface area (TPSA) is 54.4 Å². The smallest absolute Gasteiger partial charge is 0.314 e. The third-order valence-electron chi connectivity index (χ3n) is 4.64. The van der Waals surface area contributed by atoms with Crippen LogP contribution in [0.5, 0.6) is 0 Å². The maximum Gasteiger partial charge on any atom is 0.314 e. The standard InChI is InChI=1S/C20H38O3/c1-3-4-5-6-7-8-9-10-11-12-13-14-15-16-17-19(18(2)21)20(22)23/h19H,3-17H2,1-2H3,(H,22,23). The minimum absolute atomic E-state index is 0.216. The molecule has 1 atom stereocenters. The van der Waals surface area contributed by atoms with Gasteiger partial charge in [0, 0.05) is 0 Å². The molecule has 1 unspecified atom stereocenters. The van der Waals surface area contributed by atoms with Crippen molar-refractivity contribution in [3.63, 3.8) is 0 Å². The average molecular weight is 327 g/mol. The van der Waals surface area contributed by atoms with Gasteiger partial charge in [-0.3, -0.25) is 9.59 Å². The Balaban J connectivity index is 3.24. The maximum absolute atomic E-state index is 11.2. The molecule has 3 heteroatoms. The fourth-order valence-corrected chi connectivity index (χ4v) is 3.04. The summed E-state index contributed by atoms with van der Waals surface area (Å²) in [5.74, 6) is -1.97. The first-order valence-corrected chi connectivity index (χ1v) is 9.82. The first kappa shape index (κ1) is 22.1. The van der Waals surface area contributed by atoms with Gasteiger partial charge in [-0.15, -0.1) is 0 Å². The zero-order valence-electron chi connectivity index (χ0n) is 15.4. The molecule has 0 spiro atoms. The summed E-state index contributed by atoms with van der Waals surface area (Å²) in [6.45, 7) is 3.64. The predicted molar refractivity (Wildman–Crippen MR) is 96.7 cm³/mol. The monoisotopic (exact) mass is 326 g/mol. The molecular formula is C20H38O3. The number of Topliss-reactive ketones (excluding diaryl/α,β-unsaturated/α-hetero) is 1. The molecular weight excluding hydrogens is 288 g/mol. The number of ketones is 1. The van der Waals surface area contributed by atoms with E-state index in [1.54, 1.807) is 0 Å². The zero-order valence-corrected chi connectivity index (χ0v) is 15.4. The number of carbonyl (C=O) groups is 2. The van der Waals surface area contributed by atoms with Crippen LogP contribution in [-0.4, -0.2) is 16.9 Å². The van der Waals surface area contributed by atoms with E-state index in [-0.39, 0.29) is 5.78 Å². The molecule has 136 valence electrons. The molecule has 0 fully saturated rings. The minimum atomic E-state index is -0.966. The number of hydrogen-bond acceptors (Lipinski definition) is 2. The number of carbonyl (C=O) groups excluding carboxylic acids is 1. The third kappa shape index (κ3) is 14.5. The summed E-state index contributed by atoms with van der Waals surface area (Å²) < 4.78 is 0. The Hall–Kier alpha value is -0.860. The lowest BCUT2D eigenvalue weighted by atomic mass is 9.97. The summed E-state index contributed by atoms with van der Waals surface area (Å²) >= 11 is 0. The Labute approximate surface area is 143 Å². The highest BCUT2D eigenvalue weighted by molar-refractivity contribution is 5.96. The highest BCUT2D eigenvalue weighted by Gasteiger charge is 2.21. The van der Waals surface area contributed by atoms with E-state index in [0.29, 0.717) is 6.42 Å². The van der Waals surface area contributed by atoms with Crippen molar-refractivity contribution in [1.29, 1.82) is 0 Å². The van der Waals surface area contributed by atoms with Crippen LogP contribution in [0.3, 0.4) is 0 Å². The second-order valence-electron chi connectivity index (χ2n) is 6.89. The fraction of sp³-hybridized carbons (Fsp3) is 0.900. The molecule has 0 saturated heterocycles. The predicted octanol–water partition coefficient (Wildman–Crippen LogP) is 6.15. The molecule has 0 saturated carbocycles. The van der Waals surface area contributed by atoms with Gasteiger partial charge in [-0.25, -0.2) is 0 Å². The van der Waals surface area contributed by atoms with E-state index in [1.807, 2.05) is 0 Å². The van der Waals surface area contributed by atoms with Crippen molar-refractivity contribution in [3.05, 3.63) is 0 Å². The molecule has 0 rings (SSSR count). The maximum atomic E-state index is 11.2. The Morgan fingerprint density at radius 1 is 0.696 bits per heavy atom. The summed E-state index contributed by atoms with van der Waals surface area (Å²) in [4.78, 5) is 22.1. The van der Waals surface area contributed by atoms with Crippen LogP contribution in [-0.2, 0) is 9.59 Å². The first-order valence-electron chi connectivity index (χ1n) is 9.82. The van der Waals surface area contributed by atoms with Crippen LogP contribution >= 0.6 is 0 Å². The van der Waals surface area contributed by atoms with Gasteiger partial charge < -0.3 is 5.11 Å². The Morgan fingerprint density at radius 2 is 1.04 bits per heavy atom. The molecule has 0 heterocycles. The summed E-state index contributed by atoms with van der Waals surface area (Å²) in [6.07, 6.45) is 18.5. The van der Waals surface area contributed by atoms with E-state index >= 15 is 0 Å². The average Bonchev–Trinajstić information content (AvgIpc) is 2.50.